The van der Waals surface area contributed by atoms with Gasteiger partial charge in [-0.1, -0.05) is 97.3 Å². The number of hydrogen-bond acceptors (Lipinski definition) is 5. The van der Waals surface area contributed by atoms with E-state index in [1.165, 1.54) is 51.4 Å². The van der Waals surface area contributed by atoms with Crippen molar-refractivity contribution in [1.29, 1.82) is 0 Å². The first kappa shape index (κ1) is 27.8. The van der Waals surface area contributed by atoms with Crippen molar-refractivity contribution >= 4 is 0 Å². The topological polar surface area (TPSA) is 84.2 Å². The van der Waals surface area contributed by atoms with E-state index < -0.39 is 18.4 Å². The largest absolute Gasteiger partial charge is 0.394 e. The van der Waals surface area contributed by atoms with Gasteiger partial charge >= 0.3 is 0 Å². The first-order valence-electron chi connectivity index (χ1n) is 12.0. The molecule has 4 N–H and O–H groups in total. The van der Waals surface area contributed by atoms with Crippen molar-refractivity contribution in [3.8, 4) is 0 Å². The molecular weight excluding hydrogens is 354 g/mol. The third-order valence-electron chi connectivity index (χ3n) is 5.53. The van der Waals surface area contributed by atoms with Crippen LogP contribution in [0.2, 0.25) is 0 Å². The highest BCUT2D eigenvalue weighted by Crippen LogP contribution is 2.14. The molecule has 0 radical (unpaired) electrons. The Balaban J connectivity index is 4.06. The molecule has 0 amide bonds. The van der Waals surface area contributed by atoms with E-state index in [4.69, 9.17) is 5.11 Å². The molecule has 170 valence electrons. The maximum Gasteiger partial charge on any atom is 0.133 e. The average Bonchev–Trinajstić information content (AvgIpc) is 2.70. The lowest BCUT2D eigenvalue weighted by Crippen LogP contribution is -2.48. The molecule has 0 aliphatic rings. The molecule has 3 unspecified atom stereocenters. The Kier molecular flexibility index (Phi) is 19.9. The molecule has 0 aromatic carbocycles. The summed E-state index contributed by atoms with van der Waals surface area (Å²) in [5.41, 5.74) is 0. The zero-order valence-corrected chi connectivity index (χ0v) is 18.7. The summed E-state index contributed by atoms with van der Waals surface area (Å²) in [5.74, 6) is 0. The molecule has 0 heterocycles. The van der Waals surface area contributed by atoms with Crippen LogP contribution in [0.5, 0.6) is 0 Å². The van der Waals surface area contributed by atoms with Crippen molar-refractivity contribution in [3.63, 3.8) is 0 Å². The Hall–Kier alpha value is -0.200. The zero-order valence-electron chi connectivity index (χ0n) is 18.7. The lowest BCUT2D eigenvalue weighted by molar-refractivity contribution is -0.101. The molecule has 0 aromatic heterocycles. The molecule has 0 saturated carbocycles. The van der Waals surface area contributed by atoms with Gasteiger partial charge in [0.15, 0.2) is 0 Å². The standard InChI is InChI=1S/C23H49NO4/c1-3-5-7-9-10-11-12-13-14-16-18-24(19-21(26)20-25)23(28)22(27)17-15-8-6-4-2/h21-23,25-28H,3-20H2,1-2H3. The van der Waals surface area contributed by atoms with Crippen LogP contribution in [0.1, 0.15) is 110 Å². The number of unbranched alkanes of at least 4 members (excludes halogenated alkanes) is 12. The summed E-state index contributed by atoms with van der Waals surface area (Å²) in [6, 6.07) is 0. The minimum Gasteiger partial charge on any atom is -0.394 e. The SMILES string of the molecule is CCCCCCCCCCCCN(CC(O)CO)C(O)C(O)CCCCCC. The van der Waals surface area contributed by atoms with Gasteiger partial charge in [0.2, 0.25) is 0 Å². The number of rotatable bonds is 21. The molecule has 3 atom stereocenters. The summed E-state index contributed by atoms with van der Waals surface area (Å²) in [6.07, 6.45) is 14.7. The normalized spacial score (nSPS) is 15.1. The maximum atomic E-state index is 10.5. The smallest absolute Gasteiger partial charge is 0.133 e. The lowest BCUT2D eigenvalue weighted by Gasteiger charge is -2.32. The second kappa shape index (κ2) is 20.1. The predicted molar refractivity (Wildman–Crippen MR) is 117 cm³/mol. The minimum absolute atomic E-state index is 0.196. The lowest BCUT2D eigenvalue weighted by atomic mass is 10.1. The van der Waals surface area contributed by atoms with Crippen LogP contribution in [0.15, 0.2) is 0 Å². The number of nitrogens with zero attached hydrogens (tertiary/aromatic N) is 1. The van der Waals surface area contributed by atoms with Crippen molar-refractivity contribution < 1.29 is 20.4 Å². The van der Waals surface area contributed by atoms with Crippen LogP contribution < -0.4 is 0 Å². The van der Waals surface area contributed by atoms with Gasteiger partial charge < -0.3 is 20.4 Å². The monoisotopic (exact) mass is 403 g/mol. The predicted octanol–water partition coefficient (Wildman–Crippen LogP) is 4.21. The van der Waals surface area contributed by atoms with Gasteiger partial charge in [0.05, 0.1) is 18.8 Å². The van der Waals surface area contributed by atoms with Crippen molar-refractivity contribution in [2.75, 3.05) is 19.7 Å². The van der Waals surface area contributed by atoms with Gasteiger partial charge in [0.25, 0.3) is 0 Å². The molecule has 0 fully saturated rings. The highest BCUT2D eigenvalue weighted by molar-refractivity contribution is 4.73. The van der Waals surface area contributed by atoms with Crippen LogP contribution in [0, 0.1) is 0 Å². The van der Waals surface area contributed by atoms with Gasteiger partial charge in [-0.05, 0) is 12.8 Å². The molecule has 5 nitrogen and oxygen atoms in total. The number of aliphatic hydroxyl groups excluding tert-OH is 4. The molecular formula is C23H49NO4. The van der Waals surface area contributed by atoms with E-state index in [0.29, 0.717) is 13.0 Å². The van der Waals surface area contributed by atoms with Gasteiger partial charge in [-0.2, -0.15) is 0 Å². The van der Waals surface area contributed by atoms with E-state index in [2.05, 4.69) is 13.8 Å². The molecule has 5 heteroatoms. The molecule has 0 aliphatic carbocycles. The summed E-state index contributed by atoms with van der Waals surface area (Å²) in [5, 5.41) is 39.7. The van der Waals surface area contributed by atoms with Crippen LogP contribution >= 0.6 is 0 Å². The van der Waals surface area contributed by atoms with Crippen LogP contribution in [0.4, 0.5) is 0 Å². The molecule has 28 heavy (non-hydrogen) atoms. The first-order valence-corrected chi connectivity index (χ1v) is 12.0. The number of aliphatic hydroxyl groups is 4. The molecule has 0 saturated heterocycles. The Morgan fingerprint density at radius 2 is 1.11 bits per heavy atom. The summed E-state index contributed by atoms with van der Waals surface area (Å²) < 4.78 is 0. The minimum atomic E-state index is -0.971. The molecule has 0 spiro atoms. The van der Waals surface area contributed by atoms with Crippen LogP contribution in [0.25, 0.3) is 0 Å². The van der Waals surface area contributed by atoms with E-state index in [-0.39, 0.29) is 13.2 Å². The van der Waals surface area contributed by atoms with Crippen molar-refractivity contribution in [3.05, 3.63) is 0 Å². The molecule has 0 aliphatic heterocycles. The molecule has 0 rings (SSSR count). The van der Waals surface area contributed by atoms with E-state index in [0.717, 1.165) is 38.5 Å². The summed E-state index contributed by atoms with van der Waals surface area (Å²) in [6.45, 7) is 4.90. The Bertz CT molecular complexity index is 317. The van der Waals surface area contributed by atoms with E-state index in [1.54, 1.807) is 4.90 Å². The second-order valence-electron chi connectivity index (χ2n) is 8.34. The summed E-state index contributed by atoms with van der Waals surface area (Å²) in [4.78, 5) is 1.73. The Morgan fingerprint density at radius 1 is 0.643 bits per heavy atom. The van der Waals surface area contributed by atoms with Gasteiger partial charge in [-0.3, -0.25) is 4.90 Å². The third-order valence-corrected chi connectivity index (χ3v) is 5.53. The van der Waals surface area contributed by atoms with Crippen LogP contribution in [-0.4, -0.2) is 63.5 Å². The average molecular weight is 404 g/mol. The highest BCUT2D eigenvalue weighted by Gasteiger charge is 2.24. The van der Waals surface area contributed by atoms with Crippen LogP contribution in [0.3, 0.4) is 0 Å². The Morgan fingerprint density at radius 3 is 1.61 bits per heavy atom. The van der Waals surface area contributed by atoms with Crippen molar-refractivity contribution in [2.45, 2.75) is 129 Å². The quantitative estimate of drug-likeness (QED) is 0.170. The van der Waals surface area contributed by atoms with Crippen molar-refractivity contribution in [2.24, 2.45) is 0 Å². The molecule has 0 bridgehead atoms. The second-order valence-corrected chi connectivity index (χ2v) is 8.34. The van der Waals surface area contributed by atoms with Gasteiger partial charge in [-0.25, -0.2) is 0 Å². The third kappa shape index (κ3) is 15.7. The zero-order chi connectivity index (χ0) is 21.0. The molecule has 0 aromatic rings. The van der Waals surface area contributed by atoms with E-state index >= 15 is 0 Å². The fourth-order valence-corrected chi connectivity index (χ4v) is 3.63. The summed E-state index contributed by atoms with van der Waals surface area (Å²) >= 11 is 0. The van der Waals surface area contributed by atoms with Crippen molar-refractivity contribution in [1.82, 2.24) is 4.90 Å². The highest BCUT2D eigenvalue weighted by atomic mass is 16.3. The van der Waals surface area contributed by atoms with Gasteiger partial charge in [0, 0.05) is 13.1 Å². The van der Waals surface area contributed by atoms with E-state index in [9.17, 15) is 15.3 Å². The van der Waals surface area contributed by atoms with Gasteiger partial charge in [-0.15, -0.1) is 0 Å². The number of hydrogen-bond donors (Lipinski definition) is 4. The Labute approximate surface area is 174 Å². The van der Waals surface area contributed by atoms with Gasteiger partial charge in [0.1, 0.15) is 6.23 Å². The maximum absolute atomic E-state index is 10.5. The van der Waals surface area contributed by atoms with Crippen LogP contribution in [-0.2, 0) is 0 Å². The first-order chi connectivity index (χ1) is 13.6. The van der Waals surface area contributed by atoms with E-state index in [1.807, 2.05) is 0 Å². The fraction of sp³-hybridized carbons (Fsp3) is 1.00. The summed E-state index contributed by atoms with van der Waals surface area (Å²) in [7, 11) is 0. The fourth-order valence-electron chi connectivity index (χ4n) is 3.63.